The van der Waals surface area contributed by atoms with Crippen molar-refractivity contribution >= 4 is 0 Å². The summed E-state index contributed by atoms with van der Waals surface area (Å²) in [6.07, 6.45) is -5.47. The standard InChI is InChI=1S/C7H11F5/c1-3-4-6(8,9)5(2)7(10,11)12/h5H,3-4H2,1-2H3. The molecule has 0 radical (unpaired) electrons. The fourth-order valence-electron chi connectivity index (χ4n) is 0.789. The molecule has 1 atom stereocenters. The van der Waals surface area contributed by atoms with E-state index in [1.54, 1.807) is 0 Å². The van der Waals surface area contributed by atoms with E-state index in [2.05, 4.69) is 0 Å². The maximum absolute atomic E-state index is 12.6. The van der Waals surface area contributed by atoms with Gasteiger partial charge in [-0.05, 0) is 6.92 Å². The Labute approximate surface area is 67.8 Å². The molecule has 0 aliphatic heterocycles. The second-order valence-corrected chi connectivity index (χ2v) is 2.77. The quantitative estimate of drug-likeness (QED) is 0.596. The molecule has 0 N–H and O–H groups in total. The molecule has 0 aromatic heterocycles. The maximum atomic E-state index is 12.6. The van der Waals surface area contributed by atoms with Gasteiger partial charge in [0.2, 0.25) is 0 Å². The molecule has 1 unspecified atom stereocenters. The van der Waals surface area contributed by atoms with Crippen LogP contribution in [0.5, 0.6) is 0 Å². The molecule has 0 bridgehead atoms. The van der Waals surface area contributed by atoms with E-state index < -0.39 is 24.4 Å². The molecule has 0 aliphatic carbocycles. The van der Waals surface area contributed by atoms with Crippen LogP contribution in [0.4, 0.5) is 22.0 Å². The third kappa shape index (κ3) is 2.95. The van der Waals surface area contributed by atoms with Crippen LogP contribution in [0.1, 0.15) is 26.7 Å². The first-order valence-electron chi connectivity index (χ1n) is 3.66. The molecule has 5 heteroatoms. The van der Waals surface area contributed by atoms with Crippen LogP contribution in [0.2, 0.25) is 0 Å². The molecule has 0 spiro atoms. The first kappa shape index (κ1) is 11.6. The smallest absolute Gasteiger partial charge is 0.206 e. The van der Waals surface area contributed by atoms with Gasteiger partial charge < -0.3 is 0 Å². The van der Waals surface area contributed by atoms with Crippen molar-refractivity contribution in [1.82, 2.24) is 0 Å². The number of alkyl halides is 5. The van der Waals surface area contributed by atoms with E-state index in [0.29, 0.717) is 6.92 Å². The van der Waals surface area contributed by atoms with Gasteiger partial charge in [-0.2, -0.15) is 13.2 Å². The Kier molecular flexibility index (Phi) is 3.47. The topological polar surface area (TPSA) is 0 Å². The first-order chi connectivity index (χ1) is 5.22. The molecule has 0 amide bonds. The summed E-state index contributed by atoms with van der Waals surface area (Å²) in [6.45, 7) is 1.94. The van der Waals surface area contributed by atoms with E-state index in [-0.39, 0.29) is 6.42 Å². The summed E-state index contributed by atoms with van der Waals surface area (Å²) in [6, 6.07) is 0. The van der Waals surface area contributed by atoms with Crippen LogP contribution in [0.3, 0.4) is 0 Å². The van der Waals surface area contributed by atoms with E-state index in [1.165, 1.54) is 6.92 Å². The minimum Gasteiger partial charge on any atom is -0.206 e. The lowest BCUT2D eigenvalue weighted by Gasteiger charge is -2.25. The highest BCUT2D eigenvalue weighted by atomic mass is 19.4. The molecule has 0 nitrogen and oxygen atoms in total. The zero-order chi connectivity index (χ0) is 9.99. The SMILES string of the molecule is CCCC(F)(F)C(C)C(F)(F)F. The van der Waals surface area contributed by atoms with Crippen LogP contribution in [-0.4, -0.2) is 12.1 Å². The summed E-state index contributed by atoms with van der Waals surface area (Å²) < 4.78 is 60.6. The molecular formula is C7H11F5. The highest BCUT2D eigenvalue weighted by molar-refractivity contribution is 4.78. The molecule has 74 valence electrons. The van der Waals surface area contributed by atoms with Crippen LogP contribution in [0, 0.1) is 5.92 Å². The summed E-state index contributed by atoms with van der Waals surface area (Å²) in [5.74, 6) is -6.18. The van der Waals surface area contributed by atoms with Crippen LogP contribution < -0.4 is 0 Å². The normalized spacial score (nSPS) is 16.2. The van der Waals surface area contributed by atoms with E-state index >= 15 is 0 Å². The maximum Gasteiger partial charge on any atom is 0.397 e. The summed E-state index contributed by atoms with van der Waals surface area (Å²) in [7, 11) is 0. The average Bonchev–Trinajstić information content (AvgIpc) is 1.84. The van der Waals surface area contributed by atoms with E-state index in [9.17, 15) is 22.0 Å². The van der Waals surface area contributed by atoms with Gasteiger partial charge in [0.05, 0.1) is 0 Å². The molecule has 12 heavy (non-hydrogen) atoms. The van der Waals surface area contributed by atoms with Gasteiger partial charge in [-0.15, -0.1) is 0 Å². The lowest BCUT2D eigenvalue weighted by atomic mass is 9.99. The van der Waals surface area contributed by atoms with Gasteiger partial charge in [0.25, 0.3) is 5.92 Å². The summed E-state index contributed by atoms with van der Waals surface area (Å²) in [4.78, 5) is 0. The highest BCUT2D eigenvalue weighted by Crippen LogP contribution is 2.40. The Balaban J connectivity index is 4.34. The van der Waals surface area contributed by atoms with Crippen molar-refractivity contribution in [2.45, 2.75) is 38.8 Å². The van der Waals surface area contributed by atoms with Crippen LogP contribution in [0.25, 0.3) is 0 Å². The second-order valence-electron chi connectivity index (χ2n) is 2.77. The van der Waals surface area contributed by atoms with Crippen molar-refractivity contribution in [3.05, 3.63) is 0 Å². The van der Waals surface area contributed by atoms with Crippen LogP contribution in [0.15, 0.2) is 0 Å². The van der Waals surface area contributed by atoms with E-state index in [4.69, 9.17) is 0 Å². The molecule has 0 fully saturated rings. The molecule has 0 aromatic carbocycles. The lowest BCUT2D eigenvalue weighted by Crippen LogP contribution is -2.37. The highest BCUT2D eigenvalue weighted by Gasteiger charge is 2.51. The number of rotatable bonds is 3. The number of hydrogen-bond acceptors (Lipinski definition) is 0. The zero-order valence-electron chi connectivity index (χ0n) is 6.88. The third-order valence-electron chi connectivity index (χ3n) is 1.71. The van der Waals surface area contributed by atoms with Gasteiger partial charge in [-0.25, -0.2) is 8.78 Å². The zero-order valence-corrected chi connectivity index (χ0v) is 6.88. The van der Waals surface area contributed by atoms with Crippen molar-refractivity contribution in [2.24, 2.45) is 5.92 Å². The van der Waals surface area contributed by atoms with Gasteiger partial charge in [-0.1, -0.05) is 13.3 Å². The molecule has 0 saturated carbocycles. The average molecular weight is 190 g/mol. The summed E-state index contributed by atoms with van der Waals surface area (Å²) in [5, 5.41) is 0. The van der Waals surface area contributed by atoms with Crippen molar-refractivity contribution in [3.63, 3.8) is 0 Å². The van der Waals surface area contributed by atoms with Gasteiger partial charge in [-0.3, -0.25) is 0 Å². The molecule has 0 aliphatic rings. The van der Waals surface area contributed by atoms with Crippen molar-refractivity contribution in [1.29, 1.82) is 0 Å². The largest absolute Gasteiger partial charge is 0.397 e. The third-order valence-corrected chi connectivity index (χ3v) is 1.71. The number of hydrogen-bond donors (Lipinski definition) is 0. The van der Waals surface area contributed by atoms with Gasteiger partial charge in [0.15, 0.2) is 0 Å². The van der Waals surface area contributed by atoms with Crippen molar-refractivity contribution in [3.8, 4) is 0 Å². The fourth-order valence-corrected chi connectivity index (χ4v) is 0.789. The van der Waals surface area contributed by atoms with Crippen molar-refractivity contribution in [2.75, 3.05) is 0 Å². The van der Waals surface area contributed by atoms with Crippen LogP contribution >= 0.6 is 0 Å². The predicted octanol–water partition coefficient (Wildman–Crippen LogP) is 3.62. The van der Waals surface area contributed by atoms with Gasteiger partial charge in [0, 0.05) is 6.42 Å². The predicted molar refractivity (Wildman–Crippen MR) is 35.1 cm³/mol. The van der Waals surface area contributed by atoms with E-state index in [1.807, 2.05) is 0 Å². The monoisotopic (exact) mass is 190 g/mol. The van der Waals surface area contributed by atoms with Gasteiger partial charge in [0.1, 0.15) is 5.92 Å². The Morgan fingerprint density at radius 2 is 1.50 bits per heavy atom. The molecule has 0 rings (SSSR count). The van der Waals surface area contributed by atoms with E-state index in [0.717, 1.165) is 0 Å². The minimum atomic E-state index is -4.81. The fraction of sp³-hybridized carbons (Fsp3) is 1.00. The Bertz CT molecular complexity index is 137. The first-order valence-corrected chi connectivity index (χ1v) is 3.66. The second kappa shape index (κ2) is 3.58. The molecule has 0 saturated heterocycles. The number of halogens is 5. The van der Waals surface area contributed by atoms with Gasteiger partial charge >= 0.3 is 6.18 Å². The molecule has 0 heterocycles. The van der Waals surface area contributed by atoms with Crippen LogP contribution in [-0.2, 0) is 0 Å². The summed E-state index contributed by atoms with van der Waals surface area (Å²) >= 11 is 0. The molecule has 0 aromatic rings. The van der Waals surface area contributed by atoms with Crippen molar-refractivity contribution < 1.29 is 22.0 Å². The Hall–Kier alpha value is -0.350. The molecular weight excluding hydrogens is 179 g/mol. The Morgan fingerprint density at radius 1 is 1.08 bits per heavy atom. The Morgan fingerprint density at radius 3 is 1.75 bits per heavy atom. The minimum absolute atomic E-state index is 0.0490. The lowest BCUT2D eigenvalue weighted by molar-refractivity contribution is -0.235. The summed E-state index contributed by atoms with van der Waals surface area (Å²) in [5.41, 5.74) is 0.